The van der Waals surface area contributed by atoms with Gasteiger partial charge in [0.15, 0.2) is 5.16 Å². The summed E-state index contributed by atoms with van der Waals surface area (Å²) < 4.78 is 0. The van der Waals surface area contributed by atoms with Crippen LogP contribution in [0.15, 0.2) is 72.1 Å². The second kappa shape index (κ2) is 8.61. The molecule has 136 valence electrons. The molecule has 7 nitrogen and oxygen atoms in total. The maximum Gasteiger partial charge on any atom is 0.271 e. The van der Waals surface area contributed by atoms with Crippen LogP contribution in [0.1, 0.15) is 10.8 Å². The summed E-state index contributed by atoms with van der Waals surface area (Å²) in [6.45, 7) is 0. The molecule has 0 unspecified atom stereocenters. The standard InChI is InChI=1S/C18H13ClN4O3S/c19-14-11-13(23(25)26)7-8-15(14)22-17(24)16(12-5-2-1-3-6-12)27-18-20-9-4-10-21-18/h1-11,16H,(H,22,24)/t16-/m1/s1. The molecule has 27 heavy (non-hydrogen) atoms. The normalized spacial score (nSPS) is 11.6. The average molecular weight is 401 g/mol. The number of aromatic nitrogens is 2. The Morgan fingerprint density at radius 3 is 2.44 bits per heavy atom. The van der Waals surface area contributed by atoms with Crippen LogP contribution in [0, 0.1) is 10.1 Å². The van der Waals surface area contributed by atoms with E-state index in [0.717, 1.165) is 5.56 Å². The summed E-state index contributed by atoms with van der Waals surface area (Å²) in [6.07, 6.45) is 3.20. The topological polar surface area (TPSA) is 98.0 Å². The molecule has 0 spiro atoms. The molecule has 0 saturated carbocycles. The van der Waals surface area contributed by atoms with Crippen molar-refractivity contribution >= 4 is 40.6 Å². The van der Waals surface area contributed by atoms with E-state index < -0.39 is 10.2 Å². The largest absolute Gasteiger partial charge is 0.323 e. The fourth-order valence-corrected chi connectivity index (χ4v) is 3.41. The highest BCUT2D eigenvalue weighted by Crippen LogP contribution is 2.35. The molecule has 3 rings (SSSR count). The number of carbonyl (C=O) groups excluding carboxylic acids is 1. The third-order valence-corrected chi connectivity index (χ3v) is 4.98. The number of anilines is 1. The van der Waals surface area contributed by atoms with E-state index >= 15 is 0 Å². The number of hydrogen-bond acceptors (Lipinski definition) is 6. The number of nitro groups is 1. The lowest BCUT2D eigenvalue weighted by Crippen LogP contribution is -2.19. The van der Waals surface area contributed by atoms with Gasteiger partial charge in [0.05, 0.1) is 15.6 Å². The van der Waals surface area contributed by atoms with Gasteiger partial charge in [-0.3, -0.25) is 14.9 Å². The van der Waals surface area contributed by atoms with Crippen molar-refractivity contribution in [2.45, 2.75) is 10.4 Å². The van der Waals surface area contributed by atoms with E-state index in [9.17, 15) is 14.9 Å². The van der Waals surface area contributed by atoms with Gasteiger partial charge in [-0.15, -0.1) is 0 Å². The van der Waals surface area contributed by atoms with E-state index in [0.29, 0.717) is 10.8 Å². The molecule has 1 aromatic heterocycles. The SMILES string of the molecule is O=C(Nc1ccc([N+](=O)[O-])cc1Cl)[C@H](Sc1ncccn1)c1ccccc1. The number of non-ortho nitro benzene ring substituents is 1. The molecule has 0 aliphatic rings. The minimum atomic E-state index is -0.625. The van der Waals surface area contributed by atoms with E-state index in [-0.39, 0.29) is 16.6 Å². The molecule has 1 amide bonds. The first-order valence-electron chi connectivity index (χ1n) is 7.78. The number of benzene rings is 2. The molecular formula is C18H13ClN4O3S. The van der Waals surface area contributed by atoms with Gasteiger partial charge in [-0.05, 0) is 17.7 Å². The third kappa shape index (κ3) is 4.81. The highest BCUT2D eigenvalue weighted by molar-refractivity contribution is 8.00. The number of halogens is 1. The summed E-state index contributed by atoms with van der Waals surface area (Å²) in [6, 6.07) is 14.8. The molecular weight excluding hydrogens is 388 g/mol. The molecule has 2 aromatic carbocycles. The van der Waals surface area contributed by atoms with Gasteiger partial charge in [0.25, 0.3) is 5.69 Å². The maximum atomic E-state index is 12.9. The molecule has 3 aromatic rings. The molecule has 0 aliphatic heterocycles. The van der Waals surface area contributed by atoms with Gasteiger partial charge in [-0.25, -0.2) is 9.97 Å². The number of rotatable bonds is 6. The zero-order valence-electron chi connectivity index (χ0n) is 13.8. The molecule has 0 fully saturated rings. The Bertz CT molecular complexity index is 957. The van der Waals surface area contributed by atoms with Crippen LogP contribution in [0.2, 0.25) is 5.02 Å². The Kier molecular flexibility index (Phi) is 6.00. The van der Waals surface area contributed by atoms with Gasteiger partial charge >= 0.3 is 0 Å². The van der Waals surface area contributed by atoms with Crippen LogP contribution in [-0.4, -0.2) is 20.8 Å². The average Bonchev–Trinajstić information content (AvgIpc) is 2.69. The van der Waals surface area contributed by atoms with Gasteiger partial charge < -0.3 is 5.32 Å². The first kappa shape index (κ1) is 18.8. The van der Waals surface area contributed by atoms with Gasteiger partial charge in [-0.2, -0.15) is 0 Å². The summed E-state index contributed by atoms with van der Waals surface area (Å²) in [5.41, 5.74) is 0.915. The number of nitrogens with zero attached hydrogens (tertiary/aromatic N) is 3. The van der Waals surface area contributed by atoms with Crippen molar-refractivity contribution in [2.24, 2.45) is 0 Å². The monoisotopic (exact) mass is 400 g/mol. The minimum absolute atomic E-state index is 0.0883. The third-order valence-electron chi connectivity index (χ3n) is 3.53. The summed E-state index contributed by atoms with van der Waals surface area (Å²) in [7, 11) is 0. The molecule has 0 radical (unpaired) electrons. The zero-order valence-corrected chi connectivity index (χ0v) is 15.4. The zero-order chi connectivity index (χ0) is 19.2. The minimum Gasteiger partial charge on any atom is -0.323 e. The van der Waals surface area contributed by atoms with Crippen LogP contribution < -0.4 is 5.32 Å². The van der Waals surface area contributed by atoms with E-state index in [1.54, 1.807) is 18.5 Å². The molecule has 0 aliphatic carbocycles. The second-order valence-corrected chi connectivity index (χ2v) is 6.83. The lowest BCUT2D eigenvalue weighted by Gasteiger charge is -2.16. The van der Waals surface area contributed by atoms with Crippen molar-refractivity contribution in [3.8, 4) is 0 Å². The molecule has 0 bridgehead atoms. The van der Waals surface area contributed by atoms with Gasteiger partial charge in [0.1, 0.15) is 5.25 Å². The van der Waals surface area contributed by atoms with Crippen LogP contribution in [-0.2, 0) is 4.79 Å². The van der Waals surface area contributed by atoms with Crippen LogP contribution in [0.25, 0.3) is 0 Å². The van der Waals surface area contributed by atoms with Crippen molar-refractivity contribution in [1.82, 2.24) is 9.97 Å². The van der Waals surface area contributed by atoms with Crippen LogP contribution in [0.5, 0.6) is 0 Å². The lowest BCUT2D eigenvalue weighted by molar-refractivity contribution is -0.384. The van der Waals surface area contributed by atoms with Gasteiger partial charge in [0.2, 0.25) is 5.91 Å². The maximum absolute atomic E-state index is 12.9. The molecule has 1 heterocycles. The Hall–Kier alpha value is -2.97. The summed E-state index contributed by atoms with van der Waals surface area (Å²) in [4.78, 5) is 31.5. The number of carbonyl (C=O) groups is 1. The smallest absolute Gasteiger partial charge is 0.271 e. The second-order valence-electron chi connectivity index (χ2n) is 5.35. The van der Waals surface area contributed by atoms with Crippen molar-refractivity contribution in [3.63, 3.8) is 0 Å². The number of nitro benzene ring substituents is 1. The fourth-order valence-electron chi connectivity index (χ4n) is 2.27. The first-order valence-corrected chi connectivity index (χ1v) is 9.04. The van der Waals surface area contributed by atoms with E-state index in [1.807, 2.05) is 30.3 Å². The Balaban J connectivity index is 1.86. The highest BCUT2D eigenvalue weighted by Gasteiger charge is 2.24. The van der Waals surface area contributed by atoms with Crippen molar-refractivity contribution in [2.75, 3.05) is 5.32 Å². The van der Waals surface area contributed by atoms with E-state index in [4.69, 9.17) is 11.6 Å². The number of hydrogen-bond donors (Lipinski definition) is 1. The Labute approximate surface area is 164 Å². The summed E-state index contributed by atoms with van der Waals surface area (Å²) in [5.74, 6) is -0.339. The molecule has 0 saturated heterocycles. The fraction of sp³-hybridized carbons (Fsp3) is 0.0556. The van der Waals surface area contributed by atoms with Crippen LogP contribution >= 0.6 is 23.4 Å². The summed E-state index contributed by atoms with van der Waals surface area (Å²) in [5, 5.41) is 13.5. The van der Waals surface area contributed by atoms with Crippen molar-refractivity contribution in [3.05, 3.63) is 87.7 Å². The van der Waals surface area contributed by atoms with Crippen LogP contribution in [0.3, 0.4) is 0 Å². The quantitative estimate of drug-likeness (QED) is 0.283. The van der Waals surface area contributed by atoms with Crippen LogP contribution in [0.4, 0.5) is 11.4 Å². The Morgan fingerprint density at radius 2 is 1.81 bits per heavy atom. The molecule has 1 atom stereocenters. The summed E-state index contributed by atoms with van der Waals surface area (Å²) >= 11 is 7.28. The number of thioether (sulfide) groups is 1. The molecule has 9 heteroatoms. The van der Waals surface area contributed by atoms with Crippen molar-refractivity contribution < 1.29 is 9.72 Å². The predicted octanol–water partition coefficient (Wildman–Crippen LogP) is 4.51. The van der Waals surface area contributed by atoms with Crippen molar-refractivity contribution in [1.29, 1.82) is 0 Å². The first-order chi connectivity index (χ1) is 13.0. The molecule has 1 N–H and O–H groups in total. The number of amides is 1. The Morgan fingerprint density at radius 1 is 1.11 bits per heavy atom. The van der Waals surface area contributed by atoms with Gasteiger partial charge in [0, 0.05) is 24.5 Å². The number of nitrogens with one attached hydrogen (secondary N) is 1. The van der Waals surface area contributed by atoms with E-state index in [2.05, 4.69) is 15.3 Å². The van der Waals surface area contributed by atoms with Gasteiger partial charge in [-0.1, -0.05) is 53.7 Å². The predicted molar refractivity (Wildman–Crippen MR) is 104 cm³/mol. The van der Waals surface area contributed by atoms with E-state index in [1.165, 1.54) is 30.0 Å². The highest BCUT2D eigenvalue weighted by atomic mass is 35.5. The lowest BCUT2D eigenvalue weighted by atomic mass is 10.1.